The van der Waals surface area contributed by atoms with E-state index in [1.807, 2.05) is 12.1 Å². The van der Waals surface area contributed by atoms with Gasteiger partial charge in [-0.25, -0.2) is 0 Å². The summed E-state index contributed by atoms with van der Waals surface area (Å²) in [5, 5.41) is 0.901. The Labute approximate surface area is 74.3 Å². The Kier molecular flexibility index (Phi) is 3.23. The Morgan fingerprint density at radius 3 is 2.60 bits per heavy atom. The van der Waals surface area contributed by atoms with Crippen molar-refractivity contribution >= 4 is 27.5 Å². The van der Waals surface area contributed by atoms with Gasteiger partial charge in [-0.15, -0.1) is 11.6 Å². The molecule has 0 spiro atoms. The molecular formula is C8H8BrCl. The van der Waals surface area contributed by atoms with Crippen molar-refractivity contribution in [3.8, 4) is 0 Å². The van der Waals surface area contributed by atoms with E-state index >= 15 is 0 Å². The molecule has 0 bridgehead atoms. The fourth-order valence-electron chi connectivity index (χ4n) is 0.796. The lowest BCUT2D eigenvalue weighted by Crippen LogP contribution is -1.80. The summed E-state index contributed by atoms with van der Waals surface area (Å²) >= 11 is 9.02. The molecule has 0 aliphatic carbocycles. The van der Waals surface area contributed by atoms with Crippen molar-refractivity contribution < 1.29 is 0 Å². The van der Waals surface area contributed by atoms with Gasteiger partial charge < -0.3 is 0 Å². The molecule has 0 aromatic heterocycles. The van der Waals surface area contributed by atoms with Crippen molar-refractivity contribution in [2.45, 2.75) is 11.2 Å². The lowest BCUT2D eigenvalue weighted by atomic mass is 10.2. The van der Waals surface area contributed by atoms with E-state index in [-0.39, 0.29) is 0 Å². The molecule has 0 N–H and O–H groups in total. The Morgan fingerprint density at radius 2 is 2.00 bits per heavy atom. The molecule has 0 fully saturated rings. The quantitative estimate of drug-likeness (QED) is 0.670. The second kappa shape index (κ2) is 3.99. The van der Waals surface area contributed by atoms with Crippen LogP contribution >= 0.6 is 27.5 Å². The van der Waals surface area contributed by atoms with E-state index in [1.165, 1.54) is 11.1 Å². The van der Waals surface area contributed by atoms with Crippen LogP contribution in [-0.2, 0) is 11.2 Å². The highest BCUT2D eigenvalue weighted by Crippen LogP contribution is 2.10. The van der Waals surface area contributed by atoms with Crippen molar-refractivity contribution in [1.29, 1.82) is 0 Å². The summed E-state index contributed by atoms with van der Waals surface area (Å²) in [6, 6.07) is 8.22. The average molecular weight is 220 g/mol. The molecule has 10 heavy (non-hydrogen) atoms. The van der Waals surface area contributed by atoms with Crippen molar-refractivity contribution in [3.63, 3.8) is 0 Å². The summed E-state index contributed by atoms with van der Waals surface area (Å²) in [7, 11) is 0. The Morgan fingerprint density at radius 1 is 1.30 bits per heavy atom. The van der Waals surface area contributed by atoms with Crippen LogP contribution in [0.5, 0.6) is 0 Å². The topological polar surface area (TPSA) is 0 Å². The van der Waals surface area contributed by atoms with Gasteiger partial charge in [-0.05, 0) is 11.1 Å². The summed E-state index contributed by atoms with van der Waals surface area (Å²) in [5.41, 5.74) is 2.46. The molecule has 1 aromatic carbocycles. The number of hydrogen-bond donors (Lipinski definition) is 0. The zero-order valence-electron chi connectivity index (χ0n) is 5.48. The fourth-order valence-corrected chi connectivity index (χ4v) is 1.31. The molecule has 0 unspecified atom stereocenters. The molecule has 1 aromatic rings. The van der Waals surface area contributed by atoms with E-state index in [9.17, 15) is 0 Å². The molecular weight excluding hydrogens is 211 g/mol. The first-order valence-corrected chi connectivity index (χ1v) is 4.72. The fraction of sp³-hybridized carbons (Fsp3) is 0.250. The zero-order chi connectivity index (χ0) is 7.40. The summed E-state index contributed by atoms with van der Waals surface area (Å²) in [5.74, 6) is 0.598. The maximum absolute atomic E-state index is 5.64. The Balaban J connectivity index is 2.87. The van der Waals surface area contributed by atoms with Crippen LogP contribution in [0.3, 0.4) is 0 Å². The lowest BCUT2D eigenvalue weighted by Gasteiger charge is -1.96. The van der Waals surface area contributed by atoms with Crippen molar-refractivity contribution in [2.75, 3.05) is 0 Å². The number of hydrogen-bond acceptors (Lipinski definition) is 0. The van der Waals surface area contributed by atoms with Gasteiger partial charge in [0.2, 0.25) is 0 Å². The molecule has 0 heterocycles. The summed E-state index contributed by atoms with van der Waals surface area (Å²) < 4.78 is 0. The SMILES string of the molecule is ClCc1cccc(CBr)c1. The van der Waals surface area contributed by atoms with Gasteiger partial charge in [-0.2, -0.15) is 0 Å². The van der Waals surface area contributed by atoms with Crippen LogP contribution in [0, 0.1) is 0 Å². The standard InChI is InChI=1S/C8H8BrCl/c9-5-7-2-1-3-8(4-7)6-10/h1-4H,5-6H2. The normalized spacial score (nSPS) is 9.80. The minimum absolute atomic E-state index is 0.598. The predicted molar refractivity (Wildman–Crippen MR) is 48.6 cm³/mol. The smallest absolute Gasteiger partial charge is 0.0474 e. The van der Waals surface area contributed by atoms with Crippen LogP contribution in [0.4, 0.5) is 0 Å². The van der Waals surface area contributed by atoms with E-state index in [2.05, 4.69) is 28.1 Å². The van der Waals surface area contributed by atoms with E-state index in [0.717, 1.165) is 5.33 Å². The van der Waals surface area contributed by atoms with Gasteiger partial charge in [0.15, 0.2) is 0 Å². The molecule has 0 nitrogen and oxygen atoms in total. The summed E-state index contributed by atoms with van der Waals surface area (Å²) in [6.45, 7) is 0. The highest BCUT2D eigenvalue weighted by atomic mass is 79.9. The average Bonchev–Trinajstić information content (AvgIpc) is 2.05. The van der Waals surface area contributed by atoms with Gasteiger partial charge in [-0.3, -0.25) is 0 Å². The highest BCUT2D eigenvalue weighted by molar-refractivity contribution is 9.08. The molecule has 0 aliphatic heterocycles. The minimum Gasteiger partial charge on any atom is -0.122 e. The first-order valence-electron chi connectivity index (χ1n) is 3.06. The molecule has 0 atom stereocenters. The van der Waals surface area contributed by atoms with Crippen molar-refractivity contribution in [1.82, 2.24) is 0 Å². The molecule has 0 radical (unpaired) electrons. The second-order valence-corrected chi connectivity index (χ2v) is 2.92. The van der Waals surface area contributed by atoms with Gasteiger partial charge >= 0.3 is 0 Å². The molecule has 54 valence electrons. The largest absolute Gasteiger partial charge is 0.122 e. The van der Waals surface area contributed by atoms with E-state index in [4.69, 9.17) is 11.6 Å². The Bertz CT molecular complexity index is 191. The lowest BCUT2D eigenvalue weighted by molar-refractivity contribution is 1.33. The summed E-state index contributed by atoms with van der Waals surface area (Å²) in [6.07, 6.45) is 0. The molecule has 2 heteroatoms. The third-order valence-corrected chi connectivity index (χ3v) is 2.26. The van der Waals surface area contributed by atoms with E-state index < -0.39 is 0 Å². The monoisotopic (exact) mass is 218 g/mol. The molecule has 0 aliphatic rings. The highest BCUT2D eigenvalue weighted by Gasteiger charge is 1.91. The zero-order valence-corrected chi connectivity index (χ0v) is 7.82. The van der Waals surface area contributed by atoms with Crippen LogP contribution in [0.1, 0.15) is 11.1 Å². The van der Waals surface area contributed by atoms with E-state index in [0.29, 0.717) is 5.88 Å². The molecule has 1 rings (SSSR count). The summed E-state index contributed by atoms with van der Waals surface area (Å²) in [4.78, 5) is 0. The van der Waals surface area contributed by atoms with Gasteiger partial charge in [0.25, 0.3) is 0 Å². The van der Waals surface area contributed by atoms with Crippen LogP contribution in [-0.4, -0.2) is 0 Å². The van der Waals surface area contributed by atoms with Gasteiger partial charge in [-0.1, -0.05) is 40.2 Å². The maximum atomic E-state index is 5.64. The van der Waals surface area contributed by atoms with Crippen LogP contribution < -0.4 is 0 Å². The molecule has 0 saturated heterocycles. The van der Waals surface area contributed by atoms with Crippen molar-refractivity contribution in [3.05, 3.63) is 35.4 Å². The van der Waals surface area contributed by atoms with Crippen LogP contribution in [0.15, 0.2) is 24.3 Å². The number of alkyl halides is 2. The third kappa shape index (κ3) is 1.99. The minimum atomic E-state index is 0.598. The van der Waals surface area contributed by atoms with Gasteiger partial charge in [0.05, 0.1) is 0 Å². The number of benzene rings is 1. The van der Waals surface area contributed by atoms with Crippen LogP contribution in [0.25, 0.3) is 0 Å². The van der Waals surface area contributed by atoms with Crippen LogP contribution in [0.2, 0.25) is 0 Å². The predicted octanol–water partition coefficient (Wildman–Crippen LogP) is 3.32. The molecule has 0 saturated carbocycles. The Hall–Kier alpha value is -0.0100. The second-order valence-electron chi connectivity index (χ2n) is 2.09. The first-order chi connectivity index (χ1) is 4.86. The van der Waals surface area contributed by atoms with Crippen molar-refractivity contribution in [2.24, 2.45) is 0 Å². The van der Waals surface area contributed by atoms with Gasteiger partial charge in [0, 0.05) is 11.2 Å². The molecule has 0 amide bonds. The number of rotatable bonds is 2. The first kappa shape index (κ1) is 8.09. The maximum Gasteiger partial charge on any atom is 0.0474 e. The van der Waals surface area contributed by atoms with Gasteiger partial charge in [0.1, 0.15) is 0 Å². The number of halogens is 2. The van der Waals surface area contributed by atoms with E-state index in [1.54, 1.807) is 0 Å². The third-order valence-electron chi connectivity index (χ3n) is 1.30.